The van der Waals surface area contributed by atoms with E-state index in [1.54, 1.807) is 0 Å². The molecule has 0 spiro atoms. The van der Waals surface area contributed by atoms with E-state index in [2.05, 4.69) is 49.2 Å². The van der Waals surface area contributed by atoms with Crippen LogP contribution in [0.15, 0.2) is 18.2 Å². The number of nitrogens with zero attached hydrogens (tertiary/aromatic N) is 1. The largest absolute Gasteiger partial charge is 0.374 e. The van der Waals surface area contributed by atoms with Crippen molar-refractivity contribution in [2.24, 2.45) is 0 Å². The molecule has 3 heteroatoms. The summed E-state index contributed by atoms with van der Waals surface area (Å²) >= 11 is 0. The molecule has 1 N–H and O–H groups in total. The maximum absolute atomic E-state index is 6.02. The second-order valence-electron chi connectivity index (χ2n) is 6.74. The molecule has 3 rings (SSSR count). The summed E-state index contributed by atoms with van der Waals surface area (Å²) in [7, 11) is 0. The Kier molecular flexibility index (Phi) is 4.63. The lowest BCUT2D eigenvalue weighted by Crippen LogP contribution is -2.49. The first-order chi connectivity index (χ1) is 10.1. The van der Waals surface area contributed by atoms with Crippen molar-refractivity contribution in [3.8, 4) is 0 Å². The molecule has 3 atom stereocenters. The fourth-order valence-corrected chi connectivity index (χ4v) is 3.74. The summed E-state index contributed by atoms with van der Waals surface area (Å²) in [6, 6.07) is 7.79. The van der Waals surface area contributed by atoms with Gasteiger partial charge in [-0.1, -0.05) is 23.8 Å². The Morgan fingerprint density at radius 1 is 1.38 bits per heavy atom. The summed E-state index contributed by atoms with van der Waals surface area (Å²) < 4.78 is 6.02. The average Bonchev–Trinajstić information content (AvgIpc) is 2.92. The Morgan fingerprint density at radius 2 is 2.24 bits per heavy atom. The molecule has 21 heavy (non-hydrogen) atoms. The van der Waals surface area contributed by atoms with Gasteiger partial charge in [-0.15, -0.1) is 0 Å². The van der Waals surface area contributed by atoms with Crippen LogP contribution >= 0.6 is 0 Å². The molecule has 3 nitrogen and oxygen atoms in total. The van der Waals surface area contributed by atoms with Gasteiger partial charge in [0.05, 0.1) is 12.7 Å². The number of ether oxygens (including phenoxy) is 1. The van der Waals surface area contributed by atoms with Crippen LogP contribution in [0.25, 0.3) is 0 Å². The lowest BCUT2D eigenvalue weighted by atomic mass is 10.00. The monoisotopic (exact) mass is 288 g/mol. The zero-order valence-electron chi connectivity index (χ0n) is 13.6. The van der Waals surface area contributed by atoms with Crippen LogP contribution in [0.4, 0.5) is 0 Å². The van der Waals surface area contributed by atoms with Crippen molar-refractivity contribution in [3.63, 3.8) is 0 Å². The van der Waals surface area contributed by atoms with Gasteiger partial charge in [0.25, 0.3) is 0 Å². The van der Waals surface area contributed by atoms with Crippen LogP contribution < -0.4 is 5.32 Å². The molecule has 0 saturated carbocycles. The van der Waals surface area contributed by atoms with Gasteiger partial charge in [-0.25, -0.2) is 0 Å². The molecule has 1 aromatic rings. The van der Waals surface area contributed by atoms with Crippen LogP contribution in [0.3, 0.4) is 0 Å². The first-order valence-electron chi connectivity index (χ1n) is 8.29. The molecule has 2 aliphatic heterocycles. The topological polar surface area (TPSA) is 24.5 Å². The van der Waals surface area contributed by atoms with Gasteiger partial charge in [-0.05, 0) is 51.3 Å². The van der Waals surface area contributed by atoms with Gasteiger partial charge < -0.3 is 10.1 Å². The van der Waals surface area contributed by atoms with E-state index in [-0.39, 0.29) is 0 Å². The highest BCUT2D eigenvalue weighted by atomic mass is 16.5. The highest BCUT2D eigenvalue weighted by Gasteiger charge is 2.32. The molecule has 0 bridgehead atoms. The van der Waals surface area contributed by atoms with Gasteiger partial charge in [-0.3, -0.25) is 4.90 Å². The summed E-state index contributed by atoms with van der Waals surface area (Å²) in [5.74, 6) is 0. The summed E-state index contributed by atoms with van der Waals surface area (Å²) in [5.41, 5.74) is 4.11. The number of hydrogen-bond donors (Lipinski definition) is 1. The standard InChI is InChI=1S/C18H28N2O/c1-13-6-7-18(14(2)9-13)15(3)19-10-17-11-20-8-4-5-16(20)12-21-17/h6-7,9,15-17,19H,4-5,8,10-12H2,1-3H3. The number of rotatable bonds is 4. The molecule has 0 aromatic heterocycles. The predicted octanol–water partition coefficient (Wildman–Crippen LogP) is 2.82. The zero-order chi connectivity index (χ0) is 14.8. The van der Waals surface area contributed by atoms with E-state index < -0.39 is 0 Å². The van der Waals surface area contributed by atoms with Gasteiger partial charge in [0.2, 0.25) is 0 Å². The molecule has 0 amide bonds. The summed E-state index contributed by atoms with van der Waals surface area (Å²) in [5, 5.41) is 3.66. The number of nitrogens with one attached hydrogen (secondary N) is 1. The zero-order valence-corrected chi connectivity index (χ0v) is 13.6. The van der Waals surface area contributed by atoms with Gasteiger partial charge in [0.1, 0.15) is 0 Å². The SMILES string of the molecule is Cc1ccc(C(C)NCC2CN3CCCC3CO2)c(C)c1. The molecular formula is C18H28N2O. The minimum absolute atomic E-state index is 0.340. The molecule has 0 radical (unpaired) electrons. The van der Waals surface area contributed by atoms with E-state index in [4.69, 9.17) is 4.74 Å². The van der Waals surface area contributed by atoms with Crippen LogP contribution in [0.2, 0.25) is 0 Å². The quantitative estimate of drug-likeness (QED) is 0.922. The smallest absolute Gasteiger partial charge is 0.0827 e. The van der Waals surface area contributed by atoms with Crippen molar-refractivity contribution in [2.75, 3.05) is 26.2 Å². The Balaban J connectivity index is 1.52. The van der Waals surface area contributed by atoms with E-state index in [1.165, 1.54) is 36.1 Å². The first-order valence-corrected chi connectivity index (χ1v) is 8.29. The van der Waals surface area contributed by atoms with Crippen molar-refractivity contribution in [1.82, 2.24) is 10.2 Å². The molecule has 2 fully saturated rings. The summed E-state index contributed by atoms with van der Waals surface area (Å²) in [6.07, 6.45) is 3.00. The summed E-state index contributed by atoms with van der Waals surface area (Å²) in [4.78, 5) is 2.61. The second kappa shape index (κ2) is 6.47. The van der Waals surface area contributed by atoms with Gasteiger partial charge in [0.15, 0.2) is 0 Å². The molecular weight excluding hydrogens is 260 g/mol. The van der Waals surface area contributed by atoms with E-state index in [0.717, 1.165) is 19.7 Å². The molecule has 0 aliphatic carbocycles. The third kappa shape index (κ3) is 3.47. The first kappa shape index (κ1) is 15.0. The van der Waals surface area contributed by atoms with Gasteiger partial charge >= 0.3 is 0 Å². The molecule has 2 saturated heterocycles. The average molecular weight is 288 g/mol. The Morgan fingerprint density at radius 3 is 3.05 bits per heavy atom. The Labute approximate surface area is 128 Å². The van der Waals surface area contributed by atoms with Gasteiger partial charge in [0, 0.05) is 25.2 Å². The number of benzene rings is 1. The van der Waals surface area contributed by atoms with E-state index in [0.29, 0.717) is 18.2 Å². The van der Waals surface area contributed by atoms with Crippen LogP contribution in [0.1, 0.15) is 42.5 Å². The summed E-state index contributed by atoms with van der Waals surface area (Å²) in [6.45, 7) is 10.8. The van der Waals surface area contributed by atoms with Crippen molar-refractivity contribution < 1.29 is 4.74 Å². The molecule has 3 unspecified atom stereocenters. The van der Waals surface area contributed by atoms with Crippen molar-refractivity contribution in [1.29, 1.82) is 0 Å². The van der Waals surface area contributed by atoms with Crippen molar-refractivity contribution >= 4 is 0 Å². The molecule has 2 aliphatic rings. The fourth-order valence-electron chi connectivity index (χ4n) is 3.74. The van der Waals surface area contributed by atoms with Crippen LogP contribution in [-0.2, 0) is 4.74 Å². The lowest BCUT2D eigenvalue weighted by molar-refractivity contribution is -0.0477. The maximum Gasteiger partial charge on any atom is 0.0827 e. The van der Waals surface area contributed by atoms with Crippen molar-refractivity contribution in [2.45, 2.75) is 51.8 Å². The highest BCUT2D eigenvalue weighted by Crippen LogP contribution is 2.23. The fraction of sp³-hybridized carbons (Fsp3) is 0.667. The van der Waals surface area contributed by atoms with Crippen LogP contribution in [0.5, 0.6) is 0 Å². The highest BCUT2D eigenvalue weighted by molar-refractivity contribution is 5.32. The van der Waals surface area contributed by atoms with E-state index in [9.17, 15) is 0 Å². The predicted molar refractivity (Wildman–Crippen MR) is 86.7 cm³/mol. The Bertz CT molecular complexity index is 488. The Hall–Kier alpha value is -0.900. The number of morpholine rings is 1. The molecule has 2 heterocycles. The third-order valence-electron chi connectivity index (χ3n) is 5.01. The number of fused-ring (bicyclic) bond motifs is 1. The van der Waals surface area contributed by atoms with E-state index in [1.807, 2.05) is 0 Å². The van der Waals surface area contributed by atoms with Gasteiger partial charge in [-0.2, -0.15) is 0 Å². The number of aryl methyl sites for hydroxylation is 2. The maximum atomic E-state index is 6.02. The second-order valence-corrected chi connectivity index (χ2v) is 6.74. The molecule has 116 valence electrons. The van der Waals surface area contributed by atoms with Crippen LogP contribution in [-0.4, -0.2) is 43.3 Å². The minimum atomic E-state index is 0.340. The number of hydrogen-bond acceptors (Lipinski definition) is 3. The minimum Gasteiger partial charge on any atom is -0.374 e. The van der Waals surface area contributed by atoms with Crippen LogP contribution in [0, 0.1) is 13.8 Å². The normalized spacial score (nSPS) is 27.6. The third-order valence-corrected chi connectivity index (χ3v) is 5.01. The van der Waals surface area contributed by atoms with Crippen molar-refractivity contribution in [3.05, 3.63) is 34.9 Å². The van der Waals surface area contributed by atoms with E-state index >= 15 is 0 Å². The lowest BCUT2D eigenvalue weighted by Gasteiger charge is -2.35. The molecule has 1 aromatic carbocycles.